The molecule has 7 nitrogen and oxygen atoms in total. The first-order valence-electron chi connectivity index (χ1n) is 10.1. The molecule has 2 amide bonds. The molecule has 148 valence electrons. The first kappa shape index (κ1) is 18.7. The second kappa shape index (κ2) is 7.73. The Morgan fingerprint density at radius 1 is 1.25 bits per heavy atom. The highest BCUT2D eigenvalue weighted by Gasteiger charge is 2.42. The molecule has 0 aromatic carbocycles. The van der Waals surface area contributed by atoms with Crippen LogP contribution in [0.25, 0.3) is 0 Å². The highest BCUT2D eigenvalue weighted by molar-refractivity contribution is 5.93. The van der Waals surface area contributed by atoms with Gasteiger partial charge in [0.05, 0.1) is 11.8 Å². The number of hydrogen-bond donors (Lipinski definition) is 0. The monoisotopic (exact) mass is 381 g/mol. The summed E-state index contributed by atoms with van der Waals surface area (Å²) in [5.41, 5.74) is 1.69. The maximum absolute atomic E-state index is 13.0. The molecule has 2 aliphatic heterocycles. The molecule has 2 saturated heterocycles. The number of likely N-dealkylation sites (tertiary alicyclic amines) is 2. The zero-order chi connectivity index (χ0) is 19.6. The van der Waals surface area contributed by atoms with Crippen LogP contribution in [0.4, 0.5) is 0 Å². The molecule has 2 aliphatic rings. The first-order chi connectivity index (χ1) is 13.6. The Hall–Kier alpha value is -2.70. The van der Waals surface area contributed by atoms with E-state index in [1.807, 2.05) is 41.2 Å². The predicted octanol–water partition coefficient (Wildman–Crippen LogP) is 2.34. The van der Waals surface area contributed by atoms with Crippen molar-refractivity contribution in [2.24, 2.45) is 5.41 Å². The Kier molecular flexibility index (Phi) is 5.15. The number of carbonyl (C=O) groups excluding carboxylic acids is 2. The van der Waals surface area contributed by atoms with E-state index >= 15 is 0 Å². The maximum atomic E-state index is 13.0. The van der Waals surface area contributed by atoms with Gasteiger partial charge < -0.3 is 9.80 Å². The van der Waals surface area contributed by atoms with Gasteiger partial charge in [-0.05, 0) is 37.8 Å². The van der Waals surface area contributed by atoms with Gasteiger partial charge in [-0.15, -0.1) is 0 Å². The highest BCUT2D eigenvalue weighted by Crippen LogP contribution is 2.39. The Morgan fingerprint density at radius 3 is 2.89 bits per heavy atom. The van der Waals surface area contributed by atoms with Crippen molar-refractivity contribution in [3.05, 3.63) is 48.0 Å². The van der Waals surface area contributed by atoms with Gasteiger partial charge in [-0.25, -0.2) is 0 Å². The number of pyridine rings is 1. The molecule has 7 heteroatoms. The van der Waals surface area contributed by atoms with E-state index in [2.05, 4.69) is 10.1 Å². The molecule has 2 aromatic rings. The lowest BCUT2D eigenvalue weighted by Crippen LogP contribution is -2.54. The Balaban J connectivity index is 1.47. The van der Waals surface area contributed by atoms with E-state index in [4.69, 9.17) is 0 Å². The minimum Gasteiger partial charge on any atom is -0.338 e. The van der Waals surface area contributed by atoms with Crippen LogP contribution in [0.2, 0.25) is 0 Å². The summed E-state index contributed by atoms with van der Waals surface area (Å²) in [7, 11) is 0. The lowest BCUT2D eigenvalue weighted by atomic mass is 9.73. The Morgan fingerprint density at radius 2 is 2.14 bits per heavy atom. The van der Waals surface area contributed by atoms with Gasteiger partial charge >= 0.3 is 0 Å². The molecule has 0 N–H and O–H groups in total. The number of nitrogens with zero attached hydrogens (tertiary/aromatic N) is 5. The van der Waals surface area contributed by atoms with Crippen molar-refractivity contribution in [1.82, 2.24) is 24.6 Å². The topological polar surface area (TPSA) is 71.3 Å². The summed E-state index contributed by atoms with van der Waals surface area (Å²) >= 11 is 0. The molecule has 0 radical (unpaired) electrons. The second-order valence-corrected chi connectivity index (χ2v) is 8.03. The number of aryl methyl sites for hydroxylation is 1. The number of aromatic nitrogens is 3. The van der Waals surface area contributed by atoms with Gasteiger partial charge in [0, 0.05) is 63.2 Å². The zero-order valence-corrected chi connectivity index (χ0v) is 16.4. The summed E-state index contributed by atoms with van der Waals surface area (Å²) in [4.78, 5) is 33.6. The van der Waals surface area contributed by atoms with Crippen molar-refractivity contribution in [2.75, 3.05) is 19.6 Å². The van der Waals surface area contributed by atoms with Crippen LogP contribution in [0.15, 0.2) is 36.9 Å². The minimum absolute atomic E-state index is 0.00915. The summed E-state index contributed by atoms with van der Waals surface area (Å²) in [5.74, 6) is 0.247. The molecule has 1 atom stereocenters. The van der Waals surface area contributed by atoms with Crippen LogP contribution >= 0.6 is 0 Å². The highest BCUT2D eigenvalue weighted by atomic mass is 16.2. The molecule has 4 heterocycles. The van der Waals surface area contributed by atoms with E-state index in [9.17, 15) is 9.59 Å². The van der Waals surface area contributed by atoms with Crippen molar-refractivity contribution in [3.8, 4) is 0 Å². The third kappa shape index (κ3) is 3.79. The summed E-state index contributed by atoms with van der Waals surface area (Å²) in [6.07, 6.45) is 10.5. The van der Waals surface area contributed by atoms with Crippen LogP contribution in [-0.2, 0) is 17.9 Å². The first-order valence-corrected chi connectivity index (χ1v) is 10.1. The average Bonchev–Trinajstić information content (AvgIpc) is 3.21. The SMILES string of the molecule is CCn1cc(C(=O)N2CCC[C@]3(CCC(=O)N(Cc4cccnc4)C3)C2)cn1. The molecule has 2 aromatic heterocycles. The normalized spacial score (nSPS) is 22.7. The quantitative estimate of drug-likeness (QED) is 0.815. The lowest BCUT2D eigenvalue weighted by Gasteiger charge is -2.48. The molecule has 1 spiro atoms. The number of piperidine rings is 2. The Bertz CT molecular complexity index is 849. The van der Waals surface area contributed by atoms with Gasteiger partial charge in [-0.3, -0.25) is 19.3 Å². The van der Waals surface area contributed by atoms with E-state index < -0.39 is 0 Å². The average molecular weight is 381 g/mol. The van der Waals surface area contributed by atoms with E-state index in [0.29, 0.717) is 31.6 Å². The van der Waals surface area contributed by atoms with Gasteiger partial charge in [0.15, 0.2) is 0 Å². The van der Waals surface area contributed by atoms with Gasteiger partial charge in [-0.1, -0.05) is 6.07 Å². The number of hydrogen-bond acceptors (Lipinski definition) is 4. The molecule has 0 aliphatic carbocycles. The van der Waals surface area contributed by atoms with Gasteiger partial charge in [-0.2, -0.15) is 5.10 Å². The summed E-state index contributed by atoms with van der Waals surface area (Å²) in [6.45, 7) is 5.54. The standard InChI is InChI=1S/C21H27N5O2/c1-2-26-14-18(12-23-26)20(28)24-10-4-7-21(15-24)8-6-19(27)25(16-21)13-17-5-3-9-22-11-17/h3,5,9,11-12,14H,2,4,6-8,10,13,15-16H2,1H3/t21-/m0/s1. The van der Waals surface area contributed by atoms with Gasteiger partial charge in [0.2, 0.25) is 5.91 Å². The third-order valence-corrected chi connectivity index (χ3v) is 6.00. The van der Waals surface area contributed by atoms with E-state index in [1.165, 1.54) is 0 Å². The fourth-order valence-electron chi connectivity index (χ4n) is 4.50. The number of amides is 2. The largest absolute Gasteiger partial charge is 0.338 e. The molecule has 0 bridgehead atoms. The minimum atomic E-state index is -0.00915. The second-order valence-electron chi connectivity index (χ2n) is 8.03. The van der Waals surface area contributed by atoms with E-state index in [1.54, 1.807) is 17.1 Å². The molecule has 0 unspecified atom stereocenters. The van der Waals surface area contributed by atoms with Crippen LogP contribution in [0.3, 0.4) is 0 Å². The molecule has 0 saturated carbocycles. The molecule has 4 rings (SSSR count). The Labute approximate surface area is 165 Å². The molecule has 28 heavy (non-hydrogen) atoms. The third-order valence-electron chi connectivity index (χ3n) is 6.00. The van der Waals surface area contributed by atoms with Crippen LogP contribution in [-0.4, -0.2) is 56.0 Å². The van der Waals surface area contributed by atoms with Crippen molar-refractivity contribution in [2.45, 2.75) is 45.7 Å². The van der Waals surface area contributed by atoms with Crippen molar-refractivity contribution in [1.29, 1.82) is 0 Å². The summed E-state index contributed by atoms with van der Waals surface area (Å²) < 4.78 is 1.78. The zero-order valence-electron chi connectivity index (χ0n) is 16.4. The predicted molar refractivity (Wildman–Crippen MR) is 104 cm³/mol. The van der Waals surface area contributed by atoms with E-state index in [0.717, 1.165) is 37.9 Å². The van der Waals surface area contributed by atoms with Gasteiger partial charge in [0.1, 0.15) is 0 Å². The summed E-state index contributed by atoms with van der Waals surface area (Å²) in [5, 5.41) is 4.23. The lowest BCUT2D eigenvalue weighted by molar-refractivity contribution is -0.139. The fourth-order valence-corrected chi connectivity index (χ4v) is 4.50. The number of carbonyl (C=O) groups is 2. The molecular formula is C21H27N5O2. The smallest absolute Gasteiger partial charge is 0.257 e. The van der Waals surface area contributed by atoms with Crippen molar-refractivity contribution >= 4 is 11.8 Å². The number of rotatable bonds is 4. The van der Waals surface area contributed by atoms with Crippen LogP contribution < -0.4 is 0 Å². The van der Waals surface area contributed by atoms with E-state index in [-0.39, 0.29) is 17.2 Å². The molecule has 2 fully saturated rings. The summed E-state index contributed by atoms with van der Waals surface area (Å²) in [6, 6.07) is 3.90. The molecular weight excluding hydrogens is 354 g/mol. The van der Waals surface area contributed by atoms with Crippen molar-refractivity contribution in [3.63, 3.8) is 0 Å². The van der Waals surface area contributed by atoms with Crippen LogP contribution in [0, 0.1) is 5.41 Å². The fraction of sp³-hybridized carbons (Fsp3) is 0.524. The van der Waals surface area contributed by atoms with Crippen molar-refractivity contribution < 1.29 is 9.59 Å². The van der Waals surface area contributed by atoms with Gasteiger partial charge in [0.25, 0.3) is 5.91 Å². The van der Waals surface area contributed by atoms with Crippen LogP contribution in [0.5, 0.6) is 0 Å². The maximum Gasteiger partial charge on any atom is 0.257 e. The van der Waals surface area contributed by atoms with Crippen LogP contribution in [0.1, 0.15) is 48.5 Å².